The van der Waals surface area contributed by atoms with Crippen molar-refractivity contribution in [1.82, 2.24) is 5.32 Å². The Morgan fingerprint density at radius 2 is 1.95 bits per heavy atom. The number of benzene rings is 1. The van der Waals surface area contributed by atoms with Crippen molar-refractivity contribution >= 4 is 23.3 Å². The van der Waals surface area contributed by atoms with Gasteiger partial charge >= 0.3 is 5.97 Å². The second kappa shape index (κ2) is 6.79. The Labute approximate surface area is 118 Å². The number of carbonyl (C=O) groups is 2. The molecule has 0 radical (unpaired) electrons. The van der Waals surface area contributed by atoms with E-state index in [0.29, 0.717) is 18.2 Å². The van der Waals surface area contributed by atoms with Crippen LogP contribution in [0.3, 0.4) is 0 Å². The number of nitrogen functional groups attached to an aromatic ring is 1. The predicted molar refractivity (Wildman–Crippen MR) is 78.7 cm³/mol. The van der Waals surface area contributed by atoms with Gasteiger partial charge in [0.1, 0.15) is 6.04 Å². The van der Waals surface area contributed by atoms with Crippen LogP contribution in [0.1, 0.15) is 31.1 Å². The highest BCUT2D eigenvalue weighted by Crippen LogP contribution is 2.24. The number of amides is 1. The summed E-state index contributed by atoms with van der Waals surface area (Å²) in [5, 5.41) is 14.8. The van der Waals surface area contributed by atoms with Gasteiger partial charge in [-0.2, -0.15) is 0 Å². The van der Waals surface area contributed by atoms with Crippen molar-refractivity contribution in [2.45, 2.75) is 26.8 Å². The van der Waals surface area contributed by atoms with Gasteiger partial charge in [0.25, 0.3) is 0 Å². The van der Waals surface area contributed by atoms with E-state index in [1.165, 1.54) is 6.07 Å². The first kappa shape index (κ1) is 15.8. The summed E-state index contributed by atoms with van der Waals surface area (Å²) in [6.45, 7) is 6.22. The second-order valence-corrected chi connectivity index (χ2v) is 5.08. The van der Waals surface area contributed by atoms with Crippen molar-refractivity contribution in [3.63, 3.8) is 0 Å². The quantitative estimate of drug-likeness (QED) is 0.591. The summed E-state index contributed by atoms with van der Waals surface area (Å²) in [6.07, 6.45) is 0. The molecule has 20 heavy (non-hydrogen) atoms. The number of aromatic carboxylic acids is 1. The number of hydrogen-bond donors (Lipinski definition) is 4. The zero-order chi connectivity index (χ0) is 15.3. The maximum absolute atomic E-state index is 11.9. The lowest BCUT2D eigenvalue weighted by atomic mass is 10.1. The fourth-order valence-corrected chi connectivity index (χ4v) is 1.65. The van der Waals surface area contributed by atoms with Crippen LogP contribution in [-0.2, 0) is 4.79 Å². The molecule has 0 aliphatic carbocycles. The molecular formula is C14H21N3O3. The Kier molecular flexibility index (Phi) is 5.37. The summed E-state index contributed by atoms with van der Waals surface area (Å²) < 4.78 is 0. The maximum Gasteiger partial charge on any atom is 0.337 e. The second-order valence-electron chi connectivity index (χ2n) is 5.08. The van der Waals surface area contributed by atoms with Crippen LogP contribution in [0.2, 0.25) is 0 Å². The van der Waals surface area contributed by atoms with Gasteiger partial charge in [0.15, 0.2) is 0 Å². The van der Waals surface area contributed by atoms with Crippen molar-refractivity contribution in [2.75, 3.05) is 17.6 Å². The van der Waals surface area contributed by atoms with Crippen LogP contribution in [0.15, 0.2) is 18.2 Å². The van der Waals surface area contributed by atoms with Crippen molar-refractivity contribution < 1.29 is 14.7 Å². The standard InChI is InChI=1S/C14H21N3O3/c1-8(2)7-16-13(18)9(3)17-12-10(14(19)20)5-4-6-11(12)15/h4-6,8-9,17H,7,15H2,1-3H3,(H,16,18)(H,19,20). The summed E-state index contributed by atoms with van der Waals surface area (Å²) in [7, 11) is 0. The summed E-state index contributed by atoms with van der Waals surface area (Å²) >= 11 is 0. The van der Waals surface area contributed by atoms with Crippen LogP contribution >= 0.6 is 0 Å². The molecule has 1 unspecified atom stereocenters. The van der Waals surface area contributed by atoms with Gasteiger partial charge < -0.3 is 21.5 Å². The summed E-state index contributed by atoms with van der Waals surface area (Å²) in [5.41, 5.74) is 6.39. The van der Waals surface area contributed by atoms with E-state index in [0.717, 1.165) is 0 Å². The number of carboxylic acids is 1. The summed E-state index contributed by atoms with van der Waals surface area (Å²) in [6, 6.07) is 4.03. The van der Waals surface area contributed by atoms with Crippen molar-refractivity contribution in [3.8, 4) is 0 Å². The Hall–Kier alpha value is -2.24. The highest BCUT2D eigenvalue weighted by molar-refractivity contribution is 5.98. The monoisotopic (exact) mass is 279 g/mol. The number of hydrogen-bond acceptors (Lipinski definition) is 4. The van der Waals surface area contributed by atoms with Gasteiger partial charge in [-0.25, -0.2) is 4.79 Å². The lowest BCUT2D eigenvalue weighted by Gasteiger charge is -2.18. The van der Waals surface area contributed by atoms with Crippen LogP contribution in [0.25, 0.3) is 0 Å². The molecule has 1 atom stereocenters. The van der Waals surface area contributed by atoms with E-state index in [9.17, 15) is 9.59 Å². The molecular weight excluding hydrogens is 258 g/mol. The molecule has 0 aliphatic rings. The van der Waals surface area contributed by atoms with Gasteiger partial charge in [-0.15, -0.1) is 0 Å². The number of nitrogens with two attached hydrogens (primary N) is 1. The Bertz CT molecular complexity index is 500. The molecule has 6 heteroatoms. The van der Waals surface area contributed by atoms with Gasteiger partial charge in [0.05, 0.1) is 16.9 Å². The summed E-state index contributed by atoms with van der Waals surface area (Å²) in [5.74, 6) is -0.935. The molecule has 0 spiro atoms. The average Bonchev–Trinajstić information content (AvgIpc) is 2.37. The molecule has 0 saturated carbocycles. The molecule has 1 aromatic carbocycles. The fraction of sp³-hybridized carbons (Fsp3) is 0.429. The first-order valence-corrected chi connectivity index (χ1v) is 6.49. The maximum atomic E-state index is 11.9. The highest BCUT2D eigenvalue weighted by Gasteiger charge is 2.18. The summed E-state index contributed by atoms with van der Waals surface area (Å²) in [4.78, 5) is 23.0. The third kappa shape index (κ3) is 4.15. The SMILES string of the molecule is CC(C)CNC(=O)C(C)Nc1c(N)cccc1C(=O)O. The molecule has 1 aromatic rings. The molecule has 0 bridgehead atoms. The Morgan fingerprint density at radius 1 is 1.30 bits per heavy atom. The highest BCUT2D eigenvalue weighted by atomic mass is 16.4. The molecule has 0 saturated heterocycles. The van der Waals surface area contributed by atoms with Crippen LogP contribution in [-0.4, -0.2) is 29.6 Å². The third-order valence-corrected chi connectivity index (χ3v) is 2.77. The number of anilines is 2. The van der Waals surface area contributed by atoms with Crippen LogP contribution in [0.5, 0.6) is 0 Å². The molecule has 5 N–H and O–H groups in total. The molecule has 1 amide bonds. The lowest BCUT2D eigenvalue weighted by molar-refractivity contribution is -0.121. The smallest absolute Gasteiger partial charge is 0.337 e. The van der Waals surface area contributed by atoms with Crippen LogP contribution in [0, 0.1) is 5.92 Å². The largest absolute Gasteiger partial charge is 0.478 e. The molecule has 110 valence electrons. The first-order valence-electron chi connectivity index (χ1n) is 6.49. The minimum atomic E-state index is -1.09. The van der Waals surface area contributed by atoms with E-state index in [-0.39, 0.29) is 17.2 Å². The molecule has 0 aliphatic heterocycles. The van der Waals surface area contributed by atoms with Crippen molar-refractivity contribution in [2.24, 2.45) is 5.92 Å². The van der Waals surface area contributed by atoms with Crippen LogP contribution < -0.4 is 16.4 Å². The van der Waals surface area contributed by atoms with Crippen molar-refractivity contribution in [1.29, 1.82) is 0 Å². The predicted octanol–water partition coefficient (Wildman–Crippen LogP) is 1.54. The van der Waals surface area contributed by atoms with Crippen LogP contribution in [0.4, 0.5) is 11.4 Å². The molecule has 0 fully saturated rings. The van der Waals surface area contributed by atoms with E-state index in [1.807, 2.05) is 13.8 Å². The molecule has 1 rings (SSSR count). The van der Waals surface area contributed by atoms with Gasteiger partial charge in [-0.1, -0.05) is 19.9 Å². The topological polar surface area (TPSA) is 104 Å². The van der Waals surface area contributed by atoms with Crippen molar-refractivity contribution in [3.05, 3.63) is 23.8 Å². The fourth-order valence-electron chi connectivity index (χ4n) is 1.65. The Morgan fingerprint density at radius 3 is 2.50 bits per heavy atom. The van der Waals surface area contributed by atoms with E-state index < -0.39 is 12.0 Å². The van der Waals surface area contributed by atoms with Gasteiger partial charge in [0, 0.05) is 6.54 Å². The number of para-hydroxylation sites is 1. The molecule has 0 aromatic heterocycles. The zero-order valence-electron chi connectivity index (χ0n) is 11.9. The van der Waals surface area contributed by atoms with E-state index in [1.54, 1.807) is 19.1 Å². The normalized spacial score (nSPS) is 12.0. The van der Waals surface area contributed by atoms with Gasteiger partial charge in [-0.3, -0.25) is 4.79 Å². The van der Waals surface area contributed by atoms with E-state index >= 15 is 0 Å². The van der Waals surface area contributed by atoms with E-state index in [4.69, 9.17) is 10.8 Å². The van der Waals surface area contributed by atoms with Gasteiger partial charge in [-0.05, 0) is 25.0 Å². The Balaban J connectivity index is 2.82. The third-order valence-electron chi connectivity index (χ3n) is 2.77. The first-order chi connectivity index (χ1) is 9.32. The minimum Gasteiger partial charge on any atom is -0.478 e. The molecule has 0 heterocycles. The molecule has 6 nitrogen and oxygen atoms in total. The average molecular weight is 279 g/mol. The minimum absolute atomic E-state index is 0.0495. The zero-order valence-corrected chi connectivity index (χ0v) is 11.9. The number of rotatable bonds is 6. The number of carboxylic acid groups (broad SMARTS) is 1. The van der Waals surface area contributed by atoms with E-state index in [2.05, 4.69) is 10.6 Å². The number of carbonyl (C=O) groups excluding carboxylic acids is 1. The van der Waals surface area contributed by atoms with Gasteiger partial charge in [0.2, 0.25) is 5.91 Å². The lowest BCUT2D eigenvalue weighted by Crippen LogP contribution is -2.39. The number of nitrogens with one attached hydrogen (secondary N) is 2.